The lowest BCUT2D eigenvalue weighted by Crippen LogP contribution is -2.45. The van der Waals surface area contributed by atoms with E-state index in [-0.39, 0.29) is 9.14 Å². The van der Waals surface area contributed by atoms with Crippen LogP contribution in [0.15, 0.2) is 182 Å². The van der Waals surface area contributed by atoms with E-state index in [9.17, 15) is 0 Å². The Morgan fingerprint density at radius 3 is 0.548 bits per heavy atom. The number of benzene rings is 6. The summed E-state index contributed by atoms with van der Waals surface area (Å²) in [5.74, 6) is 0. The minimum atomic E-state index is -2.26. The highest BCUT2D eigenvalue weighted by molar-refractivity contribution is 9.14. The Bertz CT molecular complexity index is 1360. The molecular formula is C38H32Br2P2+2. The van der Waals surface area contributed by atoms with Crippen LogP contribution in [0.5, 0.6) is 0 Å². The van der Waals surface area contributed by atoms with Crippen LogP contribution in [0.4, 0.5) is 0 Å². The molecule has 0 aliphatic heterocycles. The summed E-state index contributed by atoms with van der Waals surface area (Å²) in [6.45, 7) is 0. The fourth-order valence-electron chi connectivity index (χ4n) is 6.10. The predicted molar refractivity (Wildman–Crippen MR) is 196 cm³/mol. The standard InChI is InChI=1S/C38H32Br2P2/c39-37(41(31-19-7-1-8-20-31,32-21-9-2-10-22-32)33-23-11-3-12-24-33)38(40)42(34-25-13-4-14-26-34,35-27-15-5-16-28-35)36-29-17-6-18-30-36/h1-30,37-38H/q+2. The third kappa shape index (κ3) is 5.14. The summed E-state index contributed by atoms with van der Waals surface area (Å²) < 4.78 is 0.123. The van der Waals surface area contributed by atoms with Crippen LogP contribution in [0.3, 0.4) is 0 Å². The van der Waals surface area contributed by atoms with Crippen LogP contribution in [-0.2, 0) is 0 Å². The van der Waals surface area contributed by atoms with Crippen molar-refractivity contribution in [3.63, 3.8) is 0 Å². The molecule has 2 unspecified atom stereocenters. The topological polar surface area (TPSA) is 0 Å². The lowest BCUT2D eigenvalue weighted by atomic mass is 10.4. The molecule has 0 N–H and O–H groups in total. The van der Waals surface area contributed by atoms with Gasteiger partial charge in [-0.3, -0.25) is 0 Å². The largest absolute Gasteiger partial charge is 0.184 e. The van der Waals surface area contributed by atoms with E-state index in [0.717, 1.165) is 0 Å². The first-order chi connectivity index (χ1) is 20.7. The first-order valence-electron chi connectivity index (χ1n) is 14.1. The van der Waals surface area contributed by atoms with Crippen molar-refractivity contribution in [2.75, 3.05) is 0 Å². The molecular weight excluding hydrogens is 678 g/mol. The maximum Gasteiger partial charge on any atom is 0.184 e. The monoisotopic (exact) mass is 708 g/mol. The molecule has 0 nitrogen and oxygen atoms in total. The van der Waals surface area contributed by atoms with E-state index in [1.807, 2.05) is 0 Å². The van der Waals surface area contributed by atoms with Gasteiger partial charge in [-0.15, -0.1) is 0 Å². The molecule has 2 atom stereocenters. The number of hydrogen-bond acceptors (Lipinski definition) is 0. The SMILES string of the molecule is BrC(C(Br)[P+](c1ccccc1)(c1ccccc1)c1ccccc1)[P+](c1ccccc1)(c1ccccc1)c1ccccc1. The zero-order valence-corrected chi connectivity index (χ0v) is 28.1. The summed E-state index contributed by atoms with van der Waals surface area (Å²) in [5, 5.41) is 8.17. The van der Waals surface area contributed by atoms with E-state index in [2.05, 4.69) is 214 Å². The molecule has 206 valence electrons. The van der Waals surface area contributed by atoms with Gasteiger partial charge in [0.25, 0.3) is 0 Å². The van der Waals surface area contributed by atoms with Crippen molar-refractivity contribution in [3.05, 3.63) is 182 Å². The van der Waals surface area contributed by atoms with E-state index >= 15 is 0 Å². The van der Waals surface area contributed by atoms with Gasteiger partial charge in [-0.1, -0.05) is 109 Å². The van der Waals surface area contributed by atoms with Crippen LogP contribution in [0, 0.1) is 0 Å². The van der Waals surface area contributed by atoms with Crippen molar-refractivity contribution in [3.8, 4) is 0 Å². The van der Waals surface area contributed by atoms with Gasteiger partial charge in [0.2, 0.25) is 0 Å². The Hall–Kier alpha value is -2.86. The lowest BCUT2D eigenvalue weighted by Gasteiger charge is -2.39. The first-order valence-corrected chi connectivity index (χ1v) is 19.6. The Morgan fingerprint density at radius 1 is 0.262 bits per heavy atom. The molecule has 0 aliphatic carbocycles. The van der Waals surface area contributed by atoms with E-state index in [1.54, 1.807) is 0 Å². The summed E-state index contributed by atoms with van der Waals surface area (Å²) in [7, 11) is -4.52. The third-order valence-corrected chi connectivity index (χ3v) is 23.2. The normalized spacial score (nSPS) is 13.3. The van der Waals surface area contributed by atoms with Crippen LogP contribution in [-0.4, -0.2) is 9.14 Å². The Morgan fingerprint density at radius 2 is 0.405 bits per heavy atom. The average Bonchev–Trinajstić information content (AvgIpc) is 3.08. The van der Waals surface area contributed by atoms with Gasteiger partial charge >= 0.3 is 0 Å². The number of alkyl halides is 2. The quantitative estimate of drug-likeness (QED) is 0.105. The lowest BCUT2D eigenvalue weighted by molar-refractivity contribution is 1.34. The van der Waals surface area contributed by atoms with Gasteiger partial charge in [0.05, 0.1) is 0 Å². The number of halogens is 2. The third-order valence-electron chi connectivity index (χ3n) is 7.95. The van der Waals surface area contributed by atoms with Gasteiger partial charge in [-0.05, 0) is 105 Å². The molecule has 0 fully saturated rings. The molecule has 0 spiro atoms. The predicted octanol–water partition coefficient (Wildman–Crippen LogP) is 8.42. The van der Waals surface area contributed by atoms with E-state index < -0.39 is 14.5 Å². The average molecular weight is 710 g/mol. The fraction of sp³-hybridized carbons (Fsp3) is 0.0526. The highest BCUT2D eigenvalue weighted by Crippen LogP contribution is 2.73. The van der Waals surface area contributed by atoms with Crippen molar-refractivity contribution in [2.45, 2.75) is 9.14 Å². The molecule has 6 rings (SSSR count). The van der Waals surface area contributed by atoms with Gasteiger partial charge < -0.3 is 0 Å². The summed E-state index contributed by atoms with van der Waals surface area (Å²) in [6.07, 6.45) is 0. The molecule has 0 saturated heterocycles. The van der Waals surface area contributed by atoms with Gasteiger partial charge in [-0.25, -0.2) is 0 Å². The molecule has 0 aromatic heterocycles. The van der Waals surface area contributed by atoms with Gasteiger partial charge in [0.1, 0.15) is 46.4 Å². The molecule has 0 amide bonds. The smallest absolute Gasteiger partial charge is 0.0620 e. The van der Waals surface area contributed by atoms with Gasteiger partial charge in [0, 0.05) is 0 Å². The summed E-state index contributed by atoms with van der Waals surface area (Å²) in [5.41, 5.74) is 0. The fourth-order valence-corrected chi connectivity index (χ4v) is 21.8. The summed E-state index contributed by atoms with van der Waals surface area (Å²) >= 11 is 9.07. The van der Waals surface area contributed by atoms with Crippen LogP contribution >= 0.6 is 46.4 Å². The molecule has 0 radical (unpaired) electrons. The molecule has 42 heavy (non-hydrogen) atoms. The van der Waals surface area contributed by atoms with Crippen molar-refractivity contribution >= 4 is 78.2 Å². The maximum absolute atomic E-state index is 4.54. The summed E-state index contributed by atoms with van der Waals surface area (Å²) in [6, 6.07) is 66.9. The zero-order chi connectivity index (χ0) is 28.8. The molecule has 4 heteroatoms. The Labute approximate surface area is 267 Å². The van der Waals surface area contributed by atoms with Crippen LogP contribution in [0.25, 0.3) is 0 Å². The Balaban J connectivity index is 1.71. The molecule has 0 aliphatic rings. The highest BCUT2D eigenvalue weighted by atomic mass is 79.9. The van der Waals surface area contributed by atoms with Crippen molar-refractivity contribution < 1.29 is 0 Å². The number of hydrogen-bond donors (Lipinski definition) is 0. The van der Waals surface area contributed by atoms with E-state index in [4.69, 9.17) is 0 Å². The second-order valence-corrected chi connectivity index (χ2v) is 20.7. The molecule has 0 heterocycles. The molecule has 6 aromatic carbocycles. The van der Waals surface area contributed by atoms with Crippen LogP contribution < -0.4 is 31.8 Å². The van der Waals surface area contributed by atoms with Crippen molar-refractivity contribution in [2.24, 2.45) is 0 Å². The maximum atomic E-state index is 4.54. The van der Waals surface area contributed by atoms with Gasteiger partial charge in [0.15, 0.2) is 9.14 Å². The molecule has 0 bridgehead atoms. The van der Waals surface area contributed by atoms with Crippen molar-refractivity contribution in [1.29, 1.82) is 0 Å². The zero-order valence-electron chi connectivity index (χ0n) is 23.1. The van der Waals surface area contributed by atoms with E-state index in [0.29, 0.717) is 0 Å². The van der Waals surface area contributed by atoms with Crippen LogP contribution in [0.2, 0.25) is 0 Å². The minimum Gasteiger partial charge on any atom is -0.0620 e. The minimum absolute atomic E-state index is 0.0613. The molecule has 6 aromatic rings. The van der Waals surface area contributed by atoms with Gasteiger partial charge in [-0.2, -0.15) is 0 Å². The first kappa shape index (κ1) is 29.2. The van der Waals surface area contributed by atoms with E-state index in [1.165, 1.54) is 31.8 Å². The summed E-state index contributed by atoms with van der Waals surface area (Å²) in [4.78, 5) is 0. The molecule has 0 saturated carbocycles. The second-order valence-electron chi connectivity index (χ2n) is 10.2. The number of rotatable bonds is 9. The van der Waals surface area contributed by atoms with Crippen molar-refractivity contribution in [1.82, 2.24) is 0 Å². The highest BCUT2D eigenvalue weighted by Gasteiger charge is 2.64. The van der Waals surface area contributed by atoms with Crippen LogP contribution in [0.1, 0.15) is 0 Å². The Kier molecular flexibility index (Phi) is 9.18. The second kappa shape index (κ2) is 13.2.